The summed E-state index contributed by atoms with van der Waals surface area (Å²) in [5.41, 5.74) is 4.49. The number of nitrogens with zero attached hydrogens (tertiary/aromatic N) is 3. The highest BCUT2D eigenvalue weighted by molar-refractivity contribution is 5.77. The van der Waals surface area contributed by atoms with Gasteiger partial charge in [-0.2, -0.15) is 0 Å². The van der Waals surface area contributed by atoms with E-state index in [9.17, 15) is 9.59 Å². The molecule has 0 bridgehead atoms. The molecule has 0 spiro atoms. The van der Waals surface area contributed by atoms with Gasteiger partial charge in [0.2, 0.25) is 11.8 Å². The van der Waals surface area contributed by atoms with Gasteiger partial charge in [0.15, 0.2) is 0 Å². The van der Waals surface area contributed by atoms with Gasteiger partial charge in [-0.25, -0.2) is 0 Å². The van der Waals surface area contributed by atoms with Crippen LogP contribution in [0.5, 0.6) is 0 Å². The first-order chi connectivity index (χ1) is 15.4. The number of rotatable bonds is 8. The fraction of sp³-hybridized carbons (Fsp3) is 0.577. The van der Waals surface area contributed by atoms with Gasteiger partial charge in [-0.3, -0.25) is 9.59 Å². The number of carbonyl (C=O) groups excluding carboxylic acids is 2. The number of benzene rings is 1. The van der Waals surface area contributed by atoms with Gasteiger partial charge in [0.05, 0.1) is 5.69 Å². The van der Waals surface area contributed by atoms with E-state index in [4.69, 9.17) is 4.52 Å². The van der Waals surface area contributed by atoms with Crippen LogP contribution in [-0.2, 0) is 29.0 Å². The van der Waals surface area contributed by atoms with Crippen LogP contribution in [0.4, 0.5) is 0 Å². The minimum atomic E-state index is 0.189. The highest BCUT2D eigenvalue weighted by Gasteiger charge is 2.32. The highest BCUT2D eigenvalue weighted by atomic mass is 16.5. The largest absolute Gasteiger partial charge is 0.361 e. The molecule has 0 N–H and O–H groups in total. The number of amides is 2. The molecule has 32 heavy (non-hydrogen) atoms. The van der Waals surface area contributed by atoms with Crippen LogP contribution in [0.2, 0.25) is 0 Å². The van der Waals surface area contributed by atoms with E-state index in [-0.39, 0.29) is 11.8 Å². The zero-order chi connectivity index (χ0) is 22.7. The van der Waals surface area contributed by atoms with E-state index >= 15 is 0 Å². The summed E-state index contributed by atoms with van der Waals surface area (Å²) in [4.78, 5) is 28.5. The van der Waals surface area contributed by atoms with E-state index in [1.807, 2.05) is 18.7 Å². The number of aromatic nitrogens is 1. The summed E-state index contributed by atoms with van der Waals surface area (Å²) in [6.07, 6.45) is 6.62. The zero-order valence-electron chi connectivity index (χ0n) is 19.6. The van der Waals surface area contributed by atoms with Gasteiger partial charge in [0.1, 0.15) is 5.76 Å². The number of hydrogen-bond donors (Lipinski definition) is 0. The lowest BCUT2D eigenvalue weighted by Crippen LogP contribution is -2.37. The third kappa shape index (κ3) is 5.59. The lowest BCUT2D eigenvalue weighted by atomic mass is 9.90. The van der Waals surface area contributed by atoms with Crippen molar-refractivity contribution in [2.24, 2.45) is 5.92 Å². The average molecular weight is 438 g/mol. The first-order valence-electron chi connectivity index (χ1n) is 11.9. The molecule has 6 nitrogen and oxygen atoms in total. The van der Waals surface area contributed by atoms with Crippen LogP contribution < -0.4 is 0 Å². The Labute approximate surface area is 190 Å². The molecule has 0 unspecified atom stereocenters. The summed E-state index contributed by atoms with van der Waals surface area (Å²) in [6.45, 7) is 7.94. The van der Waals surface area contributed by atoms with Crippen LogP contribution in [0.25, 0.3) is 0 Å². The Hall–Kier alpha value is -2.63. The Balaban J connectivity index is 1.30. The molecule has 172 valence electrons. The number of likely N-dealkylation sites (tertiary alicyclic amines) is 1. The Morgan fingerprint density at radius 3 is 2.28 bits per heavy atom. The van der Waals surface area contributed by atoms with Gasteiger partial charge in [0, 0.05) is 44.6 Å². The molecule has 1 aliphatic heterocycles. The maximum absolute atomic E-state index is 13.0. The predicted molar refractivity (Wildman–Crippen MR) is 123 cm³/mol. The molecule has 1 saturated heterocycles. The van der Waals surface area contributed by atoms with Crippen molar-refractivity contribution < 1.29 is 14.1 Å². The molecule has 0 radical (unpaired) electrons. The molecule has 2 amide bonds. The Morgan fingerprint density at radius 2 is 1.72 bits per heavy atom. The lowest BCUT2D eigenvalue weighted by Gasteiger charge is -2.31. The Bertz CT molecular complexity index is 918. The molecular weight excluding hydrogens is 402 g/mol. The summed E-state index contributed by atoms with van der Waals surface area (Å²) >= 11 is 0. The van der Waals surface area contributed by atoms with Crippen molar-refractivity contribution in [3.63, 3.8) is 0 Å². The highest BCUT2D eigenvalue weighted by Crippen LogP contribution is 2.30. The van der Waals surface area contributed by atoms with Crippen LogP contribution in [0.1, 0.15) is 67.2 Å². The maximum Gasteiger partial charge on any atom is 0.223 e. The van der Waals surface area contributed by atoms with Crippen LogP contribution in [-0.4, -0.2) is 45.9 Å². The van der Waals surface area contributed by atoms with Gasteiger partial charge < -0.3 is 14.3 Å². The number of carbonyl (C=O) groups is 2. The van der Waals surface area contributed by atoms with Gasteiger partial charge in [-0.1, -0.05) is 29.4 Å². The molecule has 0 atom stereocenters. The van der Waals surface area contributed by atoms with E-state index in [1.165, 1.54) is 11.1 Å². The summed E-state index contributed by atoms with van der Waals surface area (Å²) in [5.74, 6) is 1.87. The first-order valence-corrected chi connectivity index (χ1v) is 11.9. The molecule has 1 aromatic carbocycles. The average Bonchev–Trinajstić information content (AvgIpc) is 3.57. The number of piperidine rings is 1. The molecule has 2 fully saturated rings. The molecule has 1 aliphatic carbocycles. The summed E-state index contributed by atoms with van der Waals surface area (Å²) in [6, 6.07) is 9.17. The smallest absolute Gasteiger partial charge is 0.223 e. The normalized spacial score (nSPS) is 16.9. The van der Waals surface area contributed by atoms with Crippen LogP contribution in [0.3, 0.4) is 0 Å². The topological polar surface area (TPSA) is 66.7 Å². The van der Waals surface area contributed by atoms with Crippen molar-refractivity contribution in [1.82, 2.24) is 15.0 Å². The van der Waals surface area contributed by atoms with E-state index in [2.05, 4.69) is 34.3 Å². The van der Waals surface area contributed by atoms with Crippen molar-refractivity contribution in [2.75, 3.05) is 13.1 Å². The maximum atomic E-state index is 13.0. The second kappa shape index (κ2) is 9.88. The number of aryl methyl sites for hydroxylation is 2. The standard InChI is InChI=1S/C26H35N3O3/c1-18-25(19(2)32-27-18)10-11-26(31)29(24-8-9-24)17-23-6-4-21(5-7-23)16-22-12-14-28(15-13-22)20(3)30/h4-7,22,24H,8-17H2,1-3H3. The fourth-order valence-corrected chi connectivity index (χ4v) is 4.80. The third-order valence-electron chi connectivity index (χ3n) is 7.04. The summed E-state index contributed by atoms with van der Waals surface area (Å²) in [5, 5.41) is 4.00. The van der Waals surface area contributed by atoms with Crippen LogP contribution >= 0.6 is 0 Å². The zero-order valence-corrected chi connectivity index (χ0v) is 19.6. The molecule has 2 aromatic rings. The van der Waals surface area contributed by atoms with Crippen LogP contribution in [0.15, 0.2) is 28.8 Å². The quantitative estimate of drug-likeness (QED) is 0.620. The third-order valence-corrected chi connectivity index (χ3v) is 7.04. The van der Waals surface area contributed by atoms with Crippen molar-refractivity contribution >= 4 is 11.8 Å². The van der Waals surface area contributed by atoms with Gasteiger partial charge in [-0.05, 0) is 69.4 Å². The SMILES string of the molecule is CC(=O)N1CCC(Cc2ccc(CN(C(=O)CCc3c(C)noc3C)C3CC3)cc2)CC1. The van der Waals surface area contributed by atoms with Gasteiger partial charge in [0.25, 0.3) is 0 Å². The van der Waals surface area contributed by atoms with E-state index in [0.717, 1.165) is 62.2 Å². The Kier molecular flexibility index (Phi) is 6.97. The van der Waals surface area contributed by atoms with E-state index in [0.29, 0.717) is 31.3 Å². The second-order valence-electron chi connectivity index (χ2n) is 9.53. The van der Waals surface area contributed by atoms with Crippen molar-refractivity contribution in [3.8, 4) is 0 Å². The summed E-state index contributed by atoms with van der Waals surface area (Å²) < 4.78 is 5.23. The lowest BCUT2D eigenvalue weighted by molar-refractivity contribution is -0.132. The van der Waals surface area contributed by atoms with Crippen molar-refractivity contribution in [1.29, 1.82) is 0 Å². The van der Waals surface area contributed by atoms with Gasteiger partial charge >= 0.3 is 0 Å². The van der Waals surface area contributed by atoms with E-state index in [1.54, 1.807) is 6.92 Å². The Morgan fingerprint density at radius 1 is 1.06 bits per heavy atom. The first kappa shape index (κ1) is 22.6. The van der Waals surface area contributed by atoms with E-state index < -0.39 is 0 Å². The molecule has 6 heteroatoms. The number of hydrogen-bond acceptors (Lipinski definition) is 4. The molecule has 1 aromatic heterocycles. The molecule has 4 rings (SSSR count). The predicted octanol–water partition coefficient (Wildman–Crippen LogP) is 4.22. The molecule has 2 heterocycles. The molecule has 1 saturated carbocycles. The van der Waals surface area contributed by atoms with Crippen LogP contribution in [0, 0.1) is 19.8 Å². The monoisotopic (exact) mass is 437 g/mol. The van der Waals surface area contributed by atoms with Crippen molar-refractivity contribution in [3.05, 3.63) is 52.4 Å². The molecular formula is C26H35N3O3. The van der Waals surface area contributed by atoms with Crippen molar-refractivity contribution in [2.45, 2.75) is 78.3 Å². The van der Waals surface area contributed by atoms with Gasteiger partial charge in [-0.15, -0.1) is 0 Å². The minimum absolute atomic E-state index is 0.189. The summed E-state index contributed by atoms with van der Waals surface area (Å²) in [7, 11) is 0. The fourth-order valence-electron chi connectivity index (χ4n) is 4.80. The minimum Gasteiger partial charge on any atom is -0.361 e. The molecule has 2 aliphatic rings. The second-order valence-corrected chi connectivity index (χ2v) is 9.53.